The van der Waals surface area contributed by atoms with Gasteiger partial charge in [-0.2, -0.15) is 0 Å². The van der Waals surface area contributed by atoms with Gasteiger partial charge >= 0.3 is 0 Å². The third kappa shape index (κ3) is 3.94. The van der Waals surface area contributed by atoms with E-state index in [0.29, 0.717) is 10.2 Å². The average Bonchev–Trinajstić information content (AvgIpc) is 2.47. The summed E-state index contributed by atoms with van der Waals surface area (Å²) < 4.78 is 23.2. The van der Waals surface area contributed by atoms with Crippen molar-refractivity contribution in [2.45, 2.75) is 18.2 Å². The van der Waals surface area contributed by atoms with Crippen LogP contribution in [-0.4, -0.2) is 14.3 Å². The van der Waals surface area contributed by atoms with Crippen molar-refractivity contribution in [1.29, 1.82) is 0 Å². The number of hydrogen-bond donors (Lipinski definition) is 2. The lowest BCUT2D eigenvalue weighted by molar-refractivity contribution is 0.102. The third-order valence-corrected chi connectivity index (χ3v) is 4.73. The smallest absolute Gasteiger partial charge is 0.256 e. The summed E-state index contributed by atoms with van der Waals surface area (Å²) in [5.74, 6) is -0.415. The Morgan fingerprint density at radius 1 is 1.18 bits per heavy atom. The predicted octanol–water partition coefficient (Wildman–Crippen LogP) is 2.91. The monoisotopic (exact) mass is 382 g/mol. The molecule has 22 heavy (non-hydrogen) atoms. The molecule has 0 aliphatic heterocycles. The van der Waals surface area contributed by atoms with Gasteiger partial charge in [0.25, 0.3) is 5.91 Å². The van der Waals surface area contributed by atoms with Crippen LogP contribution in [0.4, 0.5) is 5.69 Å². The van der Waals surface area contributed by atoms with Crippen molar-refractivity contribution >= 4 is 37.5 Å². The van der Waals surface area contributed by atoms with E-state index in [4.69, 9.17) is 5.14 Å². The molecule has 2 aromatic rings. The molecule has 7 heteroatoms. The highest BCUT2D eigenvalue weighted by atomic mass is 79.9. The van der Waals surface area contributed by atoms with Gasteiger partial charge in [0, 0.05) is 10.2 Å². The molecule has 0 heterocycles. The number of hydrogen-bond acceptors (Lipinski definition) is 3. The summed E-state index contributed by atoms with van der Waals surface area (Å²) in [5, 5.41) is 7.81. The van der Waals surface area contributed by atoms with Crippen LogP contribution in [0.2, 0.25) is 0 Å². The Balaban J connectivity index is 2.28. The van der Waals surface area contributed by atoms with Crippen molar-refractivity contribution in [2.75, 3.05) is 5.32 Å². The Hall–Kier alpha value is -1.70. The number of benzene rings is 2. The Morgan fingerprint density at radius 2 is 1.82 bits per heavy atom. The number of sulfonamides is 1. The summed E-state index contributed by atoms with van der Waals surface area (Å²) in [6.07, 6.45) is 0.913. The second-order valence-corrected chi connectivity index (χ2v) is 7.11. The number of anilines is 1. The van der Waals surface area contributed by atoms with E-state index < -0.39 is 15.9 Å². The summed E-state index contributed by atoms with van der Waals surface area (Å²) in [6, 6.07) is 11.5. The Bertz CT molecular complexity index is 802. The van der Waals surface area contributed by atoms with Gasteiger partial charge in [-0.3, -0.25) is 4.79 Å². The van der Waals surface area contributed by atoms with Crippen molar-refractivity contribution in [3.8, 4) is 0 Å². The number of primary sulfonamides is 1. The summed E-state index contributed by atoms with van der Waals surface area (Å²) in [5.41, 5.74) is 2.00. The molecule has 0 atom stereocenters. The van der Waals surface area contributed by atoms with E-state index in [9.17, 15) is 13.2 Å². The van der Waals surface area contributed by atoms with Gasteiger partial charge in [0.1, 0.15) is 0 Å². The first-order valence-electron chi connectivity index (χ1n) is 6.54. The van der Waals surface area contributed by atoms with Crippen molar-refractivity contribution in [3.63, 3.8) is 0 Å². The molecule has 0 aliphatic carbocycles. The van der Waals surface area contributed by atoms with E-state index in [0.717, 1.165) is 12.0 Å². The van der Waals surface area contributed by atoms with Crippen molar-refractivity contribution in [3.05, 3.63) is 58.1 Å². The van der Waals surface area contributed by atoms with E-state index in [2.05, 4.69) is 21.2 Å². The molecule has 116 valence electrons. The standard InChI is InChI=1S/C15H15BrN2O3S/c1-2-10-3-5-11(6-4-10)18-15(19)13-9-12(22(17,20)21)7-8-14(13)16/h3-9H,2H2,1H3,(H,18,19)(H2,17,20,21). The molecule has 0 saturated carbocycles. The molecule has 0 bridgehead atoms. The molecule has 1 amide bonds. The molecule has 0 spiro atoms. The molecule has 3 N–H and O–H groups in total. The minimum Gasteiger partial charge on any atom is -0.322 e. The van der Waals surface area contributed by atoms with Gasteiger partial charge in [0.15, 0.2) is 0 Å². The minimum atomic E-state index is -3.86. The van der Waals surface area contributed by atoms with Crippen LogP contribution >= 0.6 is 15.9 Å². The SMILES string of the molecule is CCc1ccc(NC(=O)c2cc(S(N)(=O)=O)ccc2Br)cc1. The number of nitrogens with two attached hydrogens (primary N) is 1. The third-order valence-electron chi connectivity index (χ3n) is 3.13. The van der Waals surface area contributed by atoms with Crippen molar-refractivity contribution in [1.82, 2.24) is 0 Å². The zero-order chi connectivity index (χ0) is 16.3. The van der Waals surface area contributed by atoms with Crippen LogP contribution in [0.3, 0.4) is 0 Å². The number of nitrogens with one attached hydrogen (secondary N) is 1. The number of aryl methyl sites for hydroxylation is 1. The highest BCUT2D eigenvalue weighted by Gasteiger charge is 2.15. The van der Waals surface area contributed by atoms with Gasteiger partial charge in [0.05, 0.1) is 10.5 Å². The van der Waals surface area contributed by atoms with Crippen LogP contribution in [0.1, 0.15) is 22.8 Å². The predicted molar refractivity (Wildman–Crippen MR) is 89.3 cm³/mol. The van der Waals surface area contributed by atoms with Gasteiger partial charge in [-0.15, -0.1) is 0 Å². The maximum atomic E-state index is 12.3. The quantitative estimate of drug-likeness (QED) is 0.851. The van der Waals surface area contributed by atoms with E-state index in [1.807, 2.05) is 19.1 Å². The van der Waals surface area contributed by atoms with E-state index in [-0.39, 0.29) is 10.5 Å². The van der Waals surface area contributed by atoms with E-state index >= 15 is 0 Å². The molecule has 0 aromatic heterocycles. The fourth-order valence-corrected chi connectivity index (χ4v) is 2.84. The zero-order valence-electron chi connectivity index (χ0n) is 11.8. The first kappa shape index (κ1) is 16.7. The molecular formula is C15H15BrN2O3S. The summed E-state index contributed by atoms with van der Waals surface area (Å²) >= 11 is 3.24. The lowest BCUT2D eigenvalue weighted by atomic mass is 10.1. The molecule has 2 aromatic carbocycles. The highest BCUT2D eigenvalue weighted by Crippen LogP contribution is 2.22. The largest absolute Gasteiger partial charge is 0.322 e. The fraction of sp³-hybridized carbons (Fsp3) is 0.133. The van der Waals surface area contributed by atoms with Gasteiger partial charge in [0.2, 0.25) is 10.0 Å². The average molecular weight is 383 g/mol. The maximum absolute atomic E-state index is 12.3. The van der Waals surface area contributed by atoms with E-state index in [1.54, 1.807) is 12.1 Å². The number of carbonyl (C=O) groups excluding carboxylic acids is 1. The Labute approximate surface area is 137 Å². The second kappa shape index (κ2) is 6.60. The van der Waals surface area contributed by atoms with Crippen LogP contribution in [-0.2, 0) is 16.4 Å². The number of amides is 1. The van der Waals surface area contributed by atoms with Gasteiger partial charge in [-0.25, -0.2) is 13.6 Å². The zero-order valence-corrected chi connectivity index (χ0v) is 14.2. The fourth-order valence-electron chi connectivity index (χ4n) is 1.88. The molecule has 0 aliphatic rings. The van der Waals surface area contributed by atoms with E-state index in [1.165, 1.54) is 18.2 Å². The van der Waals surface area contributed by atoms with Crippen molar-refractivity contribution < 1.29 is 13.2 Å². The maximum Gasteiger partial charge on any atom is 0.256 e. The summed E-state index contributed by atoms with van der Waals surface area (Å²) in [7, 11) is -3.86. The molecule has 0 radical (unpaired) electrons. The topological polar surface area (TPSA) is 89.3 Å². The van der Waals surface area contributed by atoms with Gasteiger partial charge < -0.3 is 5.32 Å². The molecule has 0 fully saturated rings. The van der Waals surface area contributed by atoms with Crippen LogP contribution in [0.5, 0.6) is 0 Å². The lowest BCUT2D eigenvalue weighted by Crippen LogP contribution is -2.16. The number of carbonyl (C=O) groups is 1. The summed E-state index contributed by atoms with van der Waals surface area (Å²) in [6.45, 7) is 2.05. The van der Waals surface area contributed by atoms with Crippen LogP contribution in [0, 0.1) is 0 Å². The minimum absolute atomic E-state index is 0.109. The van der Waals surface area contributed by atoms with Crippen LogP contribution in [0.25, 0.3) is 0 Å². The Morgan fingerprint density at radius 3 is 2.36 bits per heavy atom. The molecule has 2 rings (SSSR count). The first-order chi connectivity index (χ1) is 10.3. The van der Waals surface area contributed by atoms with Gasteiger partial charge in [-0.1, -0.05) is 19.1 Å². The first-order valence-corrected chi connectivity index (χ1v) is 8.88. The van der Waals surface area contributed by atoms with Gasteiger partial charge in [-0.05, 0) is 58.2 Å². The number of halogens is 1. The molecular weight excluding hydrogens is 368 g/mol. The molecule has 5 nitrogen and oxygen atoms in total. The second-order valence-electron chi connectivity index (χ2n) is 4.69. The summed E-state index contributed by atoms with van der Waals surface area (Å²) in [4.78, 5) is 12.2. The Kier molecular flexibility index (Phi) is 5.00. The molecule has 0 unspecified atom stereocenters. The number of rotatable bonds is 4. The van der Waals surface area contributed by atoms with Crippen molar-refractivity contribution in [2.24, 2.45) is 5.14 Å². The van der Waals surface area contributed by atoms with Crippen LogP contribution in [0.15, 0.2) is 51.8 Å². The lowest BCUT2D eigenvalue weighted by Gasteiger charge is -2.09. The highest BCUT2D eigenvalue weighted by molar-refractivity contribution is 9.10. The van der Waals surface area contributed by atoms with Crippen LogP contribution < -0.4 is 10.5 Å². The normalized spacial score (nSPS) is 11.2. The molecule has 0 saturated heterocycles.